The van der Waals surface area contributed by atoms with E-state index >= 15 is 0 Å². The molecule has 2 atom stereocenters. The molecule has 1 aliphatic rings. The van der Waals surface area contributed by atoms with Crippen LogP contribution in [0.4, 0.5) is 0 Å². The standard InChI is InChI=1S/C14H16ClN3O/c1-9-4-3-7-16-12(9)14-17-13(18-19-14)10-5-2-6-11(15)8-10/h2,5-6,8-9,12,16H,3-4,7H2,1H3. The SMILES string of the molecule is CC1CCCNC1c1nc(-c2cccc(Cl)c2)no1. The molecule has 100 valence electrons. The van der Waals surface area contributed by atoms with E-state index in [4.69, 9.17) is 16.1 Å². The first-order valence-electron chi connectivity index (χ1n) is 6.57. The summed E-state index contributed by atoms with van der Waals surface area (Å²) in [5.74, 6) is 1.78. The van der Waals surface area contributed by atoms with Crippen LogP contribution in [0.3, 0.4) is 0 Å². The van der Waals surface area contributed by atoms with Gasteiger partial charge in [-0.15, -0.1) is 0 Å². The molecular formula is C14H16ClN3O. The molecular weight excluding hydrogens is 262 g/mol. The van der Waals surface area contributed by atoms with E-state index in [0.717, 1.165) is 12.1 Å². The first-order chi connectivity index (χ1) is 9.24. The van der Waals surface area contributed by atoms with Crippen molar-refractivity contribution in [2.45, 2.75) is 25.8 Å². The Morgan fingerprint density at radius 1 is 1.42 bits per heavy atom. The fourth-order valence-electron chi connectivity index (χ4n) is 2.49. The average Bonchev–Trinajstić information content (AvgIpc) is 2.89. The molecule has 1 N–H and O–H groups in total. The molecule has 1 aromatic carbocycles. The van der Waals surface area contributed by atoms with Gasteiger partial charge in [-0.25, -0.2) is 0 Å². The molecule has 1 saturated heterocycles. The molecule has 0 saturated carbocycles. The Labute approximate surface area is 117 Å². The molecule has 2 unspecified atom stereocenters. The number of nitrogens with one attached hydrogen (secondary N) is 1. The Kier molecular flexibility index (Phi) is 3.53. The van der Waals surface area contributed by atoms with Gasteiger partial charge in [-0.2, -0.15) is 4.98 Å². The van der Waals surface area contributed by atoms with Gasteiger partial charge in [-0.05, 0) is 37.4 Å². The van der Waals surface area contributed by atoms with Crippen LogP contribution in [0.2, 0.25) is 5.02 Å². The lowest BCUT2D eigenvalue weighted by molar-refractivity contribution is 0.239. The molecule has 19 heavy (non-hydrogen) atoms. The highest BCUT2D eigenvalue weighted by molar-refractivity contribution is 6.30. The summed E-state index contributed by atoms with van der Waals surface area (Å²) in [6.45, 7) is 3.21. The predicted molar refractivity (Wildman–Crippen MR) is 73.9 cm³/mol. The number of nitrogens with zero attached hydrogens (tertiary/aromatic N) is 2. The van der Waals surface area contributed by atoms with Crippen LogP contribution in [0.1, 0.15) is 31.7 Å². The molecule has 2 aromatic rings. The minimum absolute atomic E-state index is 0.161. The summed E-state index contributed by atoms with van der Waals surface area (Å²) in [6.07, 6.45) is 2.39. The lowest BCUT2D eigenvalue weighted by Crippen LogP contribution is -2.33. The van der Waals surface area contributed by atoms with Crippen LogP contribution < -0.4 is 5.32 Å². The van der Waals surface area contributed by atoms with Crippen molar-refractivity contribution in [3.05, 3.63) is 35.2 Å². The third-order valence-corrected chi connectivity index (χ3v) is 3.80. The second kappa shape index (κ2) is 5.31. The fourth-order valence-corrected chi connectivity index (χ4v) is 2.68. The zero-order valence-corrected chi connectivity index (χ0v) is 11.5. The van der Waals surface area contributed by atoms with Crippen molar-refractivity contribution in [3.63, 3.8) is 0 Å². The summed E-state index contributed by atoms with van der Waals surface area (Å²) < 4.78 is 5.40. The van der Waals surface area contributed by atoms with Crippen LogP contribution in [-0.2, 0) is 0 Å². The Balaban J connectivity index is 1.86. The number of benzene rings is 1. The molecule has 4 nitrogen and oxygen atoms in total. The monoisotopic (exact) mass is 277 g/mol. The van der Waals surface area contributed by atoms with Gasteiger partial charge < -0.3 is 9.84 Å². The number of rotatable bonds is 2. The molecule has 1 fully saturated rings. The van der Waals surface area contributed by atoms with Gasteiger partial charge in [0.1, 0.15) is 0 Å². The summed E-state index contributed by atoms with van der Waals surface area (Å²) in [5, 5.41) is 8.17. The van der Waals surface area contributed by atoms with Gasteiger partial charge in [0.05, 0.1) is 6.04 Å². The highest BCUT2D eigenvalue weighted by Gasteiger charge is 2.27. The summed E-state index contributed by atoms with van der Waals surface area (Å²) in [6, 6.07) is 7.65. The second-order valence-corrected chi connectivity index (χ2v) is 5.45. The molecule has 0 radical (unpaired) electrons. The number of aromatic nitrogens is 2. The van der Waals surface area contributed by atoms with Crippen molar-refractivity contribution in [1.82, 2.24) is 15.5 Å². The Morgan fingerprint density at radius 3 is 3.11 bits per heavy atom. The fraction of sp³-hybridized carbons (Fsp3) is 0.429. The third kappa shape index (κ3) is 2.65. The quantitative estimate of drug-likeness (QED) is 0.913. The normalized spacial score (nSPS) is 23.5. The average molecular weight is 278 g/mol. The number of hydrogen-bond donors (Lipinski definition) is 1. The van der Waals surface area contributed by atoms with E-state index in [-0.39, 0.29) is 6.04 Å². The minimum atomic E-state index is 0.161. The highest BCUT2D eigenvalue weighted by Crippen LogP contribution is 2.29. The Morgan fingerprint density at radius 2 is 2.32 bits per heavy atom. The van der Waals surface area contributed by atoms with Crippen LogP contribution in [0.5, 0.6) is 0 Å². The molecule has 1 aliphatic heterocycles. The summed E-state index contributed by atoms with van der Waals surface area (Å²) in [7, 11) is 0. The van der Waals surface area contributed by atoms with Crippen molar-refractivity contribution in [3.8, 4) is 11.4 Å². The van der Waals surface area contributed by atoms with E-state index in [1.54, 1.807) is 0 Å². The van der Waals surface area contributed by atoms with Crippen LogP contribution in [-0.4, -0.2) is 16.7 Å². The van der Waals surface area contributed by atoms with Crippen molar-refractivity contribution in [2.24, 2.45) is 5.92 Å². The van der Waals surface area contributed by atoms with Gasteiger partial charge in [0, 0.05) is 10.6 Å². The lowest BCUT2D eigenvalue weighted by Gasteiger charge is -2.26. The van der Waals surface area contributed by atoms with E-state index in [0.29, 0.717) is 22.7 Å². The van der Waals surface area contributed by atoms with Gasteiger partial charge in [0.15, 0.2) is 0 Å². The zero-order chi connectivity index (χ0) is 13.2. The Bertz CT molecular complexity index is 569. The maximum absolute atomic E-state index is 5.97. The molecule has 0 amide bonds. The Hall–Kier alpha value is -1.39. The molecule has 1 aromatic heterocycles. The smallest absolute Gasteiger partial charge is 0.244 e. The van der Waals surface area contributed by atoms with Crippen molar-refractivity contribution in [1.29, 1.82) is 0 Å². The van der Waals surface area contributed by atoms with Crippen molar-refractivity contribution in [2.75, 3.05) is 6.54 Å². The number of halogens is 1. The first-order valence-corrected chi connectivity index (χ1v) is 6.95. The van der Waals surface area contributed by atoms with Crippen LogP contribution >= 0.6 is 11.6 Å². The number of hydrogen-bond acceptors (Lipinski definition) is 4. The predicted octanol–water partition coefficient (Wildman–Crippen LogP) is 3.45. The summed E-state index contributed by atoms with van der Waals surface area (Å²) in [5.41, 5.74) is 0.881. The lowest BCUT2D eigenvalue weighted by atomic mass is 9.93. The van der Waals surface area contributed by atoms with Crippen molar-refractivity contribution < 1.29 is 4.52 Å². The second-order valence-electron chi connectivity index (χ2n) is 5.02. The zero-order valence-electron chi connectivity index (χ0n) is 10.8. The van der Waals surface area contributed by atoms with Crippen molar-refractivity contribution >= 4 is 11.6 Å². The van der Waals surface area contributed by atoms with E-state index < -0.39 is 0 Å². The minimum Gasteiger partial charge on any atom is -0.337 e. The van der Waals surface area contributed by atoms with E-state index in [1.807, 2.05) is 24.3 Å². The maximum Gasteiger partial charge on any atom is 0.244 e. The topological polar surface area (TPSA) is 51.0 Å². The maximum atomic E-state index is 5.97. The summed E-state index contributed by atoms with van der Waals surface area (Å²) >= 11 is 5.97. The largest absolute Gasteiger partial charge is 0.337 e. The van der Waals surface area contributed by atoms with Gasteiger partial charge in [0.25, 0.3) is 0 Å². The molecule has 0 spiro atoms. The van der Waals surface area contributed by atoms with Crippen LogP contribution in [0.25, 0.3) is 11.4 Å². The summed E-state index contributed by atoms with van der Waals surface area (Å²) in [4.78, 5) is 4.50. The molecule has 3 rings (SSSR count). The van der Waals surface area contributed by atoms with Crippen LogP contribution in [0, 0.1) is 5.92 Å². The molecule has 0 bridgehead atoms. The van der Waals surface area contributed by atoms with Gasteiger partial charge >= 0.3 is 0 Å². The van der Waals surface area contributed by atoms with Gasteiger partial charge in [-0.3, -0.25) is 0 Å². The van der Waals surface area contributed by atoms with E-state index in [2.05, 4.69) is 22.4 Å². The third-order valence-electron chi connectivity index (χ3n) is 3.56. The van der Waals surface area contributed by atoms with Gasteiger partial charge in [-0.1, -0.05) is 35.8 Å². The highest BCUT2D eigenvalue weighted by atomic mass is 35.5. The van der Waals surface area contributed by atoms with Crippen LogP contribution in [0.15, 0.2) is 28.8 Å². The molecule has 0 aliphatic carbocycles. The van der Waals surface area contributed by atoms with E-state index in [1.165, 1.54) is 12.8 Å². The first kappa shape index (κ1) is 12.6. The van der Waals surface area contributed by atoms with E-state index in [9.17, 15) is 0 Å². The van der Waals surface area contributed by atoms with Gasteiger partial charge in [0.2, 0.25) is 11.7 Å². The molecule has 5 heteroatoms. The molecule has 2 heterocycles. The number of piperidine rings is 1.